The topological polar surface area (TPSA) is 67.6 Å². The second-order valence-corrected chi connectivity index (χ2v) is 7.01. The van der Waals surface area contributed by atoms with Gasteiger partial charge in [0.05, 0.1) is 6.04 Å². The van der Waals surface area contributed by atoms with Gasteiger partial charge >= 0.3 is 0 Å². The van der Waals surface area contributed by atoms with Crippen molar-refractivity contribution in [3.05, 3.63) is 24.3 Å². The van der Waals surface area contributed by atoms with Crippen LogP contribution in [0.3, 0.4) is 0 Å². The van der Waals surface area contributed by atoms with E-state index in [1.54, 1.807) is 11.8 Å². The van der Waals surface area contributed by atoms with E-state index in [0.717, 1.165) is 43.1 Å². The van der Waals surface area contributed by atoms with Crippen molar-refractivity contribution in [1.29, 1.82) is 0 Å². The van der Waals surface area contributed by atoms with Crippen molar-refractivity contribution in [2.45, 2.75) is 31.4 Å². The lowest BCUT2D eigenvalue weighted by molar-refractivity contribution is -0.117. The number of thioether (sulfide) groups is 1. The summed E-state index contributed by atoms with van der Waals surface area (Å²) in [5.74, 6) is 1.60. The van der Waals surface area contributed by atoms with Crippen molar-refractivity contribution in [2.24, 2.45) is 5.73 Å². The van der Waals surface area contributed by atoms with Gasteiger partial charge < -0.3 is 20.7 Å². The zero-order valence-corrected chi connectivity index (χ0v) is 17.2. The second kappa shape index (κ2) is 12.7. The van der Waals surface area contributed by atoms with E-state index in [2.05, 4.69) is 17.3 Å². The van der Waals surface area contributed by atoms with Gasteiger partial charge in [-0.1, -0.05) is 0 Å². The summed E-state index contributed by atoms with van der Waals surface area (Å²) < 4.78 is 6.00. The minimum Gasteiger partial charge on any atom is -0.490 e. The van der Waals surface area contributed by atoms with Gasteiger partial charge in [0, 0.05) is 18.8 Å². The van der Waals surface area contributed by atoms with Crippen LogP contribution in [0.15, 0.2) is 24.3 Å². The Morgan fingerprint density at radius 3 is 2.48 bits per heavy atom. The number of piperidine rings is 1. The molecule has 25 heavy (non-hydrogen) atoms. The van der Waals surface area contributed by atoms with Crippen molar-refractivity contribution in [1.82, 2.24) is 4.90 Å². The van der Waals surface area contributed by atoms with Crippen LogP contribution in [-0.4, -0.2) is 55.1 Å². The van der Waals surface area contributed by atoms with E-state index < -0.39 is 6.04 Å². The first-order valence-corrected chi connectivity index (χ1v) is 9.48. The zero-order chi connectivity index (χ0) is 16.7. The molecule has 1 aromatic rings. The summed E-state index contributed by atoms with van der Waals surface area (Å²) in [6.45, 7) is 2.15. The summed E-state index contributed by atoms with van der Waals surface area (Å²) in [5.41, 5.74) is 6.62. The minimum atomic E-state index is -0.461. The van der Waals surface area contributed by atoms with Crippen LogP contribution in [-0.2, 0) is 4.79 Å². The van der Waals surface area contributed by atoms with Crippen LogP contribution in [0.2, 0.25) is 0 Å². The first kappa shape index (κ1) is 24.3. The number of halogens is 2. The van der Waals surface area contributed by atoms with Crippen molar-refractivity contribution < 1.29 is 9.53 Å². The van der Waals surface area contributed by atoms with Gasteiger partial charge in [-0.2, -0.15) is 11.8 Å². The molecule has 1 amide bonds. The number of nitrogens with zero attached hydrogens (tertiary/aromatic N) is 1. The van der Waals surface area contributed by atoms with Crippen LogP contribution in [0.25, 0.3) is 0 Å². The van der Waals surface area contributed by atoms with Crippen LogP contribution in [0, 0.1) is 0 Å². The quantitative estimate of drug-likeness (QED) is 0.723. The number of hydrogen-bond donors (Lipinski definition) is 2. The van der Waals surface area contributed by atoms with Gasteiger partial charge in [0.2, 0.25) is 5.91 Å². The van der Waals surface area contributed by atoms with Crippen LogP contribution < -0.4 is 15.8 Å². The maximum Gasteiger partial charge on any atom is 0.241 e. The molecule has 2 rings (SSSR count). The molecule has 0 bridgehead atoms. The third-order valence-electron chi connectivity index (χ3n) is 4.06. The fraction of sp³-hybridized carbons (Fsp3) is 0.588. The first-order chi connectivity index (χ1) is 11.1. The summed E-state index contributed by atoms with van der Waals surface area (Å²) in [7, 11) is 2.14. The molecule has 1 aromatic carbocycles. The molecule has 1 heterocycles. The van der Waals surface area contributed by atoms with E-state index in [0.29, 0.717) is 6.42 Å². The van der Waals surface area contributed by atoms with Crippen molar-refractivity contribution >= 4 is 48.2 Å². The molecular weight excluding hydrogens is 381 g/mol. The lowest BCUT2D eigenvalue weighted by atomic mass is 10.1. The standard InChI is InChI=1S/C17H27N3O2S.2ClH/c1-20-10-7-15(8-11-20)22-14-5-3-13(4-6-14)19-17(21)16(18)9-12-23-2;;/h3-6,15-16H,7-12,18H2,1-2H3,(H,19,21);2*1H/t16-;;/m0../s1. The molecule has 0 saturated carbocycles. The third-order valence-corrected chi connectivity index (χ3v) is 4.70. The fourth-order valence-corrected chi connectivity index (χ4v) is 3.01. The number of carbonyl (C=O) groups is 1. The Labute approximate surface area is 167 Å². The van der Waals surface area contributed by atoms with E-state index in [4.69, 9.17) is 10.5 Å². The summed E-state index contributed by atoms with van der Waals surface area (Å²) in [5, 5.41) is 2.85. The maximum atomic E-state index is 12.0. The summed E-state index contributed by atoms with van der Waals surface area (Å²) >= 11 is 1.69. The number of carbonyl (C=O) groups excluding carboxylic acids is 1. The number of amides is 1. The maximum absolute atomic E-state index is 12.0. The number of nitrogens with two attached hydrogens (primary N) is 1. The van der Waals surface area contributed by atoms with Crippen LogP contribution in [0.5, 0.6) is 5.75 Å². The van der Waals surface area contributed by atoms with Crippen LogP contribution in [0.1, 0.15) is 19.3 Å². The van der Waals surface area contributed by atoms with Gasteiger partial charge in [-0.15, -0.1) is 24.8 Å². The smallest absolute Gasteiger partial charge is 0.241 e. The number of likely N-dealkylation sites (tertiary alicyclic amines) is 1. The Hall–Kier alpha value is -0.660. The molecule has 1 fully saturated rings. The van der Waals surface area contributed by atoms with Crippen molar-refractivity contribution in [3.8, 4) is 5.75 Å². The molecule has 0 unspecified atom stereocenters. The molecular formula is C17H29Cl2N3O2S. The number of hydrogen-bond acceptors (Lipinski definition) is 5. The summed E-state index contributed by atoms with van der Waals surface area (Å²) in [4.78, 5) is 14.3. The Bertz CT molecular complexity index is 497. The highest BCUT2D eigenvalue weighted by molar-refractivity contribution is 7.98. The molecule has 1 aliphatic rings. The number of anilines is 1. The second-order valence-electron chi connectivity index (χ2n) is 6.02. The SMILES string of the molecule is CSCC[C@H](N)C(=O)Nc1ccc(OC2CCN(C)CC2)cc1.Cl.Cl. The Morgan fingerprint density at radius 2 is 1.92 bits per heavy atom. The van der Waals surface area contributed by atoms with Gasteiger partial charge in [0.25, 0.3) is 0 Å². The Kier molecular flexibility index (Phi) is 12.3. The highest BCUT2D eigenvalue weighted by Crippen LogP contribution is 2.21. The summed E-state index contributed by atoms with van der Waals surface area (Å²) in [6.07, 6.45) is 5.09. The minimum absolute atomic E-state index is 0. The predicted molar refractivity (Wildman–Crippen MR) is 112 cm³/mol. The van der Waals surface area contributed by atoms with Crippen LogP contribution >= 0.6 is 36.6 Å². The molecule has 5 nitrogen and oxygen atoms in total. The molecule has 1 atom stereocenters. The van der Waals surface area contributed by atoms with Gasteiger partial charge in [-0.25, -0.2) is 0 Å². The average molecular weight is 410 g/mol. The lowest BCUT2D eigenvalue weighted by Crippen LogP contribution is -2.36. The zero-order valence-electron chi connectivity index (χ0n) is 14.8. The highest BCUT2D eigenvalue weighted by Gasteiger charge is 2.18. The van der Waals surface area contributed by atoms with E-state index >= 15 is 0 Å². The van der Waals surface area contributed by atoms with Crippen molar-refractivity contribution in [2.75, 3.05) is 37.5 Å². The molecule has 0 aromatic heterocycles. The third kappa shape index (κ3) is 8.51. The molecule has 0 spiro atoms. The van der Waals surface area contributed by atoms with E-state index in [-0.39, 0.29) is 36.8 Å². The lowest BCUT2D eigenvalue weighted by Gasteiger charge is -2.29. The first-order valence-electron chi connectivity index (χ1n) is 8.09. The van der Waals surface area contributed by atoms with Crippen LogP contribution in [0.4, 0.5) is 5.69 Å². The van der Waals surface area contributed by atoms with Crippen molar-refractivity contribution in [3.63, 3.8) is 0 Å². The fourth-order valence-electron chi connectivity index (χ4n) is 2.52. The number of benzene rings is 1. The molecule has 1 aliphatic heterocycles. The van der Waals surface area contributed by atoms with Gasteiger partial charge in [0.15, 0.2) is 0 Å². The molecule has 1 saturated heterocycles. The van der Waals surface area contributed by atoms with Gasteiger partial charge in [0.1, 0.15) is 11.9 Å². The molecule has 8 heteroatoms. The Balaban J connectivity index is 0.00000288. The molecule has 144 valence electrons. The Morgan fingerprint density at radius 1 is 1.32 bits per heavy atom. The molecule has 0 radical (unpaired) electrons. The number of ether oxygens (including phenoxy) is 1. The highest BCUT2D eigenvalue weighted by atomic mass is 35.5. The van der Waals surface area contributed by atoms with Gasteiger partial charge in [-0.05, 0) is 62.6 Å². The average Bonchev–Trinajstić information content (AvgIpc) is 2.56. The van der Waals surface area contributed by atoms with E-state index in [9.17, 15) is 4.79 Å². The van der Waals surface area contributed by atoms with Gasteiger partial charge in [-0.3, -0.25) is 4.79 Å². The summed E-state index contributed by atoms with van der Waals surface area (Å²) in [6, 6.07) is 7.08. The normalized spacial score (nSPS) is 16.3. The molecule has 3 N–H and O–H groups in total. The number of rotatable bonds is 7. The molecule has 0 aliphatic carbocycles. The number of nitrogens with one attached hydrogen (secondary N) is 1. The largest absolute Gasteiger partial charge is 0.490 e. The van der Waals surface area contributed by atoms with E-state index in [1.165, 1.54) is 0 Å². The predicted octanol–water partition coefficient (Wildman–Crippen LogP) is 3.02. The van der Waals surface area contributed by atoms with E-state index in [1.807, 2.05) is 30.5 Å². The monoisotopic (exact) mass is 409 g/mol.